The third-order valence-electron chi connectivity index (χ3n) is 7.92. The van der Waals surface area contributed by atoms with Gasteiger partial charge < -0.3 is 29.5 Å². The summed E-state index contributed by atoms with van der Waals surface area (Å²) in [5, 5.41) is 21.7. The van der Waals surface area contributed by atoms with Crippen molar-refractivity contribution in [1.82, 2.24) is 20.0 Å². The monoisotopic (exact) mass is 605 g/mol. The molecule has 0 bridgehead atoms. The first kappa shape index (κ1) is 31.3. The van der Waals surface area contributed by atoms with Crippen LogP contribution in [0.5, 0.6) is 5.88 Å². The topological polar surface area (TPSA) is 127 Å². The number of para-hydroxylation sites is 1. The van der Waals surface area contributed by atoms with E-state index in [2.05, 4.69) is 35.6 Å². The highest BCUT2D eigenvalue weighted by atomic mass is 16.6. The van der Waals surface area contributed by atoms with Crippen LogP contribution in [0.3, 0.4) is 0 Å². The second-order valence-corrected chi connectivity index (χ2v) is 13.1. The quantitative estimate of drug-likeness (QED) is 0.357. The number of benzene rings is 2. The second-order valence-electron chi connectivity index (χ2n) is 13.1. The first-order chi connectivity index (χ1) is 20.8. The number of hydrogen-bond acceptors (Lipinski definition) is 7. The lowest BCUT2D eigenvalue weighted by atomic mass is 9.70. The van der Waals surface area contributed by atoms with Crippen molar-refractivity contribution in [2.45, 2.75) is 77.2 Å². The van der Waals surface area contributed by atoms with Crippen LogP contribution in [-0.4, -0.2) is 76.0 Å². The summed E-state index contributed by atoms with van der Waals surface area (Å²) in [6.07, 6.45) is -1.00. The number of hydrogen-bond donors (Lipinski definition) is 3. The average Bonchev–Trinajstić information content (AvgIpc) is 3.28. The van der Waals surface area contributed by atoms with Crippen molar-refractivity contribution in [2.24, 2.45) is 0 Å². The molecule has 1 unspecified atom stereocenters. The van der Waals surface area contributed by atoms with Crippen LogP contribution in [0.2, 0.25) is 0 Å². The highest BCUT2D eigenvalue weighted by Crippen LogP contribution is 2.41. The number of aliphatic hydroxyl groups excluding tert-OH is 1. The summed E-state index contributed by atoms with van der Waals surface area (Å²) in [4.78, 5) is 27.7. The van der Waals surface area contributed by atoms with Crippen LogP contribution in [0.15, 0.2) is 54.6 Å². The number of carbonyl (C=O) groups excluding carboxylic acids is 2. The summed E-state index contributed by atoms with van der Waals surface area (Å²) < 4.78 is 19.1. The van der Waals surface area contributed by atoms with Gasteiger partial charge in [0, 0.05) is 6.54 Å². The van der Waals surface area contributed by atoms with Crippen molar-refractivity contribution >= 4 is 17.9 Å². The number of nitrogens with zero attached hydrogens (tertiary/aromatic N) is 3. The zero-order chi connectivity index (χ0) is 31.6. The summed E-state index contributed by atoms with van der Waals surface area (Å²) in [7, 11) is 0. The normalized spacial score (nSPS) is 21.2. The van der Waals surface area contributed by atoms with E-state index in [1.165, 1.54) is 0 Å². The standard InChI is InChI=1S/C33H43N5O6/c1-21-28(35-30(40)34-27-24-14-10-11-15-25(24)33(5,6)18-26(27)39)38(22-12-8-7-9-13-22)36-29(21)43-20-23-19-37(16-17-42-23)31(41)44-32(2,3)4/h7-15,23,26-27,39H,16-20H2,1-6H3,(H2,34,35,40)/t23-,26?,27-/m1/s1. The molecule has 1 aromatic heterocycles. The van der Waals surface area contributed by atoms with Gasteiger partial charge >= 0.3 is 12.1 Å². The third kappa shape index (κ3) is 7.00. The zero-order valence-electron chi connectivity index (χ0n) is 26.3. The number of nitrogens with one attached hydrogen (secondary N) is 2. The summed E-state index contributed by atoms with van der Waals surface area (Å²) >= 11 is 0. The number of morpholine rings is 1. The SMILES string of the molecule is Cc1c(OC[C@H]2CN(C(=O)OC(C)(C)C)CCO2)nn(-c2ccccc2)c1NC(=O)N[C@@H]1c2ccccc2C(C)(C)CC1O. The molecule has 2 heterocycles. The number of rotatable bonds is 6. The largest absolute Gasteiger partial charge is 0.474 e. The Morgan fingerprint density at radius 2 is 1.82 bits per heavy atom. The molecule has 11 heteroatoms. The van der Waals surface area contributed by atoms with Crippen molar-refractivity contribution in [2.75, 3.05) is 31.6 Å². The van der Waals surface area contributed by atoms with Gasteiger partial charge in [0.2, 0.25) is 5.88 Å². The van der Waals surface area contributed by atoms with Gasteiger partial charge in [0.25, 0.3) is 0 Å². The van der Waals surface area contributed by atoms with E-state index in [1.54, 1.807) is 9.58 Å². The molecule has 44 heavy (non-hydrogen) atoms. The van der Waals surface area contributed by atoms with Gasteiger partial charge in [-0.2, -0.15) is 0 Å². The summed E-state index contributed by atoms with van der Waals surface area (Å²) in [6.45, 7) is 12.8. The van der Waals surface area contributed by atoms with E-state index >= 15 is 0 Å². The lowest BCUT2D eigenvalue weighted by Crippen LogP contribution is -2.49. The van der Waals surface area contributed by atoms with E-state index < -0.39 is 23.8 Å². The Morgan fingerprint density at radius 3 is 2.55 bits per heavy atom. The molecule has 0 radical (unpaired) electrons. The summed E-state index contributed by atoms with van der Waals surface area (Å²) in [5.41, 5.74) is 2.55. The van der Waals surface area contributed by atoms with Crippen LogP contribution in [0.4, 0.5) is 15.4 Å². The fourth-order valence-electron chi connectivity index (χ4n) is 5.80. The first-order valence-electron chi connectivity index (χ1n) is 15.0. The molecule has 1 saturated heterocycles. The Balaban J connectivity index is 1.32. The Kier molecular flexibility index (Phi) is 8.90. The second kappa shape index (κ2) is 12.5. The van der Waals surface area contributed by atoms with Crippen LogP contribution in [0.1, 0.15) is 63.8 Å². The molecule has 11 nitrogen and oxygen atoms in total. The molecule has 0 spiro atoms. The van der Waals surface area contributed by atoms with Crippen LogP contribution in [-0.2, 0) is 14.9 Å². The molecule has 236 valence electrons. The fourth-order valence-corrected chi connectivity index (χ4v) is 5.80. The molecule has 3 atom stereocenters. The summed E-state index contributed by atoms with van der Waals surface area (Å²) in [5.74, 6) is 0.759. The lowest BCUT2D eigenvalue weighted by molar-refractivity contribution is -0.0562. The van der Waals surface area contributed by atoms with Gasteiger partial charge in [0.1, 0.15) is 24.1 Å². The highest BCUT2D eigenvalue weighted by molar-refractivity contribution is 5.90. The van der Waals surface area contributed by atoms with E-state index in [9.17, 15) is 14.7 Å². The minimum absolute atomic E-state index is 0.151. The van der Waals surface area contributed by atoms with Gasteiger partial charge in [-0.1, -0.05) is 56.3 Å². The molecule has 3 aromatic rings. The minimum atomic E-state index is -0.750. The van der Waals surface area contributed by atoms with Gasteiger partial charge in [-0.25, -0.2) is 14.3 Å². The number of carbonyl (C=O) groups is 2. The van der Waals surface area contributed by atoms with Gasteiger partial charge in [0.15, 0.2) is 0 Å². The molecule has 5 rings (SSSR count). The lowest BCUT2D eigenvalue weighted by Gasteiger charge is -2.40. The van der Waals surface area contributed by atoms with Gasteiger partial charge in [-0.3, -0.25) is 5.32 Å². The predicted molar refractivity (Wildman–Crippen MR) is 166 cm³/mol. The number of aliphatic hydroxyl groups is 1. The Bertz CT molecular complexity index is 1480. The van der Waals surface area contributed by atoms with Crippen molar-refractivity contribution in [3.63, 3.8) is 0 Å². The van der Waals surface area contributed by atoms with Gasteiger partial charge in [-0.15, -0.1) is 5.10 Å². The molecular weight excluding hydrogens is 562 g/mol. The van der Waals surface area contributed by atoms with Crippen molar-refractivity contribution < 1.29 is 28.9 Å². The van der Waals surface area contributed by atoms with Crippen LogP contribution >= 0.6 is 0 Å². The number of anilines is 1. The fraction of sp³-hybridized carbons (Fsp3) is 0.485. The maximum atomic E-state index is 13.5. The highest BCUT2D eigenvalue weighted by Gasteiger charge is 2.39. The number of ether oxygens (including phenoxy) is 3. The number of fused-ring (bicyclic) bond motifs is 1. The molecule has 1 fully saturated rings. The maximum Gasteiger partial charge on any atom is 0.410 e. The Labute approximate surface area is 258 Å². The molecule has 3 amide bonds. The van der Waals surface area contributed by atoms with Crippen molar-refractivity contribution in [3.05, 3.63) is 71.3 Å². The predicted octanol–water partition coefficient (Wildman–Crippen LogP) is 5.10. The van der Waals surface area contributed by atoms with E-state index in [0.29, 0.717) is 43.4 Å². The van der Waals surface area contributed by atoms with E-state index in [4.69, 9.17) is 14.2 Å². The van der Waals surface area contributed by atoms with E-state index in [0.717, 1.165) is 16.8 Å². The van der Waals surface area contributed by atoms with Crippen molar-refractivity contribution in [3.8, 4) is 11.6 Å². The van der Waals surface area contributed by atoms with E-state index in [1.807, 2.05) is 76.2 Å². The molecule has 0 saturated carbocycles. The van der Waals surface area contributed by atoms with Gasteiger partial charge in [-0.05, 0) is 62.8 Å². The van der Waals surface area contributed by atoms with E-state index in [-0.39, 0.29) is 24.2 Å². The molecular formula is C33H43N5O6. The minimum Gasteiger partial charge on any atom is -0.474 e. The molecule has 3 N–H and O–H groups in total. The number of aromatic nitrogens is 2. The van der Waals surface area contributed by atoms with Crippen molar-refractivity contribution in [1.29, 1.82) is 0 Å². The Morgan fingerprint density at radius 1 is 1.11 bits per heavy atom. The average molecular weight is 606 g/mol. The Hall–Kier alpha value is -4.09. The molecule has 1 aliphatic heterocycles. The van der Waals surface area contributed by atoms with Gasteiger partial charge in [0.05, 0.1) is 36.5 Å². The van der Waals surface area contributed by atoms with Crippen LogP contribution < -0.4 is 15.4 Å². The molecule has 2 aromatic carbocycles. The zero-order valence-corrected chi connectivity index (χ0v) is 26.3. The molecule has 1 aliphatic carbocycles. The first-order valence-corrected chi connectivity index (χ1v) is 15.0. The summed E-state index contributed by atoms with van der Waals surface area (Å²) in [6, 6.07) is 16.3. The molecule has 2 aliphatic rings. The van der Waals surface area contributed by atoms with Crippen LogP contribution in [0.25, 0.3) is 5.69 Å². The smallest absolute Gasteiger partial charge is 0.410 e. The number of urea groups is 1. The van der Waals surface area contributed by atoms with Crippen LogP contribution in [0, 0.1) is 6.92 Å². The third-order valence-corrected chi connectivity index (χ3v) is 7.92. The maximum absolute atomic E-state index is 13.5. The number of amides is 3.